The minimum atomic E-state index is -0.355. The van der Waals surface area contributed by atoms with Crippen LogP contribution in [-0.2, 0) is 4.79 Å². The second-order valence-corrected chi connectivity index (χ2v) is 7.28. The number of anilines is 2. The number of amides is 2. The molecule has 0 aliphatic carbocycles. The summed E-state index contributed by atoms with van der Waals surface area (Å²) in [6, 6.07) is 19.5. The van der Waals surface area contributed by atoms with Gasteiger partial charge in [0, 0.05) is 29.3 Å². The molecule has 0 atom stereocenters. The van der Waals surface area contributed by atoms with Crippen molar-refractivity contribution in [3.05, 3.63) is 83.9 Å². The molecule has 0 radical (unpaired) electrons. The van der Waals surface area contributed by atoms with E-state index in [1.807, 2.05) is 37.3 Å². The number of ether oxygens (including phenoxy) is 3. The molecule has 7 heteroatoms. The highest BCUT2D eigenvalue weighted by molar-refractivity contribution is 6.06. The molecular formula is C27H28N2O5. The van der Waals surface area contributed by atoms with Crippen LogP contribution in [0.1, 0.15) is 29.3 Å². The van der Waals surface area contributed by atoms with Crippen molar-refractivity contribution in [2.75, 3.05) is 31.5 Å². The van der Waals surface area contributed by atoms with Gasteiger partial charge in [-0.1, -0.05) is 43.3 Å². The lowest BCUT2D eigenvalue weighted by atomic mass is 10.1. The first kappa shape index (κ1) is 24.4. The van der Waals surface area contributed by atoms with Gasteiger partial charge in [-0.3, -0.25) is 9.59 Å². The average molecular weight is 461 g/mol. The normalized spacial score (nSPS) is 10.6. The Bertz CT molecular complexity index is 1160. The van der Waals surface area contributed by atoms with Gasteiger partial charge >= 0.3 is 0 Å². The molecule has 0 aromatic heterocycles. The summed E-state index contributed by atoms with van der Waals surface area (Å²) in [5, 5.41) is 5.62. The van der Waals surface area contributed by atoms with E-state index < -0.39 is 0 Å². The molecule has 3 rings (SSSR count). The Hall–Kier alpha value is -4.26. The lowest BCUT2D eigenvalue weighted by Gasteiger charge is -2.16. The van der Waals surface area contributed by atoms with Crippen LogP contribution in [0, 0.1) is 0 Å². The summed E-state index contributed by atoms with van der Waals surface area (Å²) < 4.78 is 16.6. The third kappa shape index (κ3) is 6.38. The fraction of sp³-hybridized carbons (Fsp3) is 0.185. The molecule has 0 aliphatic heterocycles. The van der Waals surface area contributed by atoms with E-state index in [9.17, 15) is 9.59 Å². The SMILES string of the molecule is CCCOc1ccccc1C=CC(=O)Nc1cc(OC)c(NC(=O)c2ccccc2)cc1OC. The molecule has 0 saturated carbocycles. The minimum absolute atomic E-state index is 0.287. The summed E-state index contributed by atoms with van der Waals surface area (Å²) in [6.45, 7) is 2.63. The topological polar surface area (TPSA) is 85.9 Å². The number of carbonyl (C=O) groups is 2. The van der Waals surface area contributed by atoms with Crippen LogP contribution in [0.2, 0.25) is 0 Å². The van der Waals surface area contributed by atoms with Gasteiger partial charge in [-0.25, -0.2) is 0 Å². The Morgan fingerprint density at radius 1 is 0.824 bits per heavy atom. The minimum Gasteiger partial charge on any atom is -0.494 e. The molecule has 0 unspecified atom stereocenters. The summed E-state index contributed by atoms with van der Waals surface area (Å²) >= 11 is 0. The maximum absolute atomic E-state index is 12.6. The van der Waals surface area contributed by atoms with Crippen molar-refractivity contribution in [1.82, 2.24) is 0 Å². The average Bonchev–Trinajstić information content (AvgIpc) is 2.87. The summed E-state index contributed by atoms with van der Waals surface area (Å²) in [6.07, 6.45) is 4.01. The third-order valence-corrected chi connectivity index (χ3v) is 4.86. The molecule has 2 amide bonds. The molecule has 3 aromatic rings. The standard InChI is InChI=1S/C27H28N2O5/c1-4-16-34-23-13-9-8-10-19(23)14-15-26(30)28-21-17-25(33-3)22(18-24(21)32-2)29-27(31)20-11-6-5-7-12-20/h5-15,17-18H,4,16H2,1-3H3,(H,28,30)(H,29,31). The van der Waals surface area contributed by atoms with E-state index in [0.717, 1.165) is 12.0 Å². The number of carbonyl (C=O) groups excluding carboxylic acids is 2. The van der Waals surface area contributed by atoms with Crippen molar-refractivity contribution in [3.63, 3.8) is 0 Å². The Morgan fingerprint density at radius 2 is 1.44 bits per heavy atom. The van der Waals surface area contributed by atoms with Gasteiger partial charge in [0.25, 0.3) is 5.91 Å². The van der Waals surface area contributed by atoms with Gasteiger partial charge in [-0.05, 0) is 30.7 Å². The molecule has 0 heterocycles. The van der Waals surface area contributed by atoms with E-state index in [0.29, 0.717) is 40.8 Å². The van der Waals surface area contributed by atoms with Gasteiger partial charge in [0.05, 0.1) is 32.2 Å². The highest BCUT2D eigenvalue weighted by Gasteiger charge is 2.15. The molecule has 176 valence electrons. The Labute approximate surface area is 199 Å². The monoisotopic (exact) mass is 460 g/mol. The predicted molar refractivity (Wildman–Crippen MR) is 134 cm³/mol. The van der Waals surface area contributed by atoms with E-state index in [1.165, 1.54) is 20.3 Å². The number of para-hydroxylation sites is 1. The van der Waals surface area contributed by atoms with Crippen LogP contribution < -0.4 is 24.8 Å². The molecule has 0 aliphatic rings. The fourth-order valence-electron chi connectivity index (χ4n) is 3.18. The molecule has 34 heavy (non-hydrogen) atoms. The number of methoxy groups -OCH3 is 2. The third-order valence-electron chi connectivity index (χ3n) is 4.86. The van der Waals surface area contributed by atoms with Crippen LogP contribution in [0.4, 0.5) is 11.4 Å². The second kappa shape index (κ2) is 12.1. The first-order valence-electron chi connectivity index (χ1n) is 10.9. The number of nitrogens with one attached hydrogen (secondary N) is 2. The highest BCUT2D eigenvalue weighted by atomic mass is 16.5. The molecule has 0 saturated heterocycles. The number of hydrogen-bond donors (Lipinski definition) is 2. The quantitative estimate of drug-likeness (QED) is 0.396. The molecule has 0 spiro atoms. The molecule has 0 fully saturated rings. The maximum Gasteiger partial charge on any atom is 0.255 e. The lowest BCUT2D eigenvalue weighted by Crippen LogP contribution is -2.14. The van der Waals surface area contributed by atoms with Gasteiger partial charge in [0.15, 0.2) is 0 Å². The summed E-state index contributed by atoms with van der Waals surface area (Å²) in [5.41, 5.74) is 2.13. The predicted octanol–water partition coefficient (Wildman–Crippen LogP) is 5.40. The maximum atomic E-state index is 12.6. The zero-order chi connectivity index (χ0) is 24.3. The van der Waals surface area contributed by atoms with E-state index in [4.69, 9.17) is 14.2 Å². The van der Waals surface area contributed by atoms with E-state index in [1.54, 1.807) is 42.5 Å². The van der Waals surface area contributed by atoms with Crippen LogP contribution in [0.25, 0.3) is 6.08 Å². The van der Waals surface area contributed by atoms with Crippen LogP contribution in [0.15, 0.2) is 72.8 Å². The number of hydrogen-bond acceptors (Lipinski definition) is 5. The molecule has 2 N–H and O–H groups in total. The largest absolute Gasteiger partial charge is 0.494 e. The van der Waals surface area contributed by atoms with E-state index in [-0.39, 0.29) is 11.8 Å². The van der Waals surface area contributed by atoms with Crippen molar-refractivity contribution < 1.29 is 23.8 Å². The molecule has 0 bridgehead atoms. The first-order valence-corrected chi connectivity index (χ1v) is 10.9. The van der Waals surface area contributed by atoms with Crippen molar-refractivity contribution in [3.8, 4) is 17.2 Å². The highest BCUT2D eigenvalue weighted by Crippen LogP contribution is 2.36. The van der Waals surface area contributed by atoms with Gasteiger partial charge in [0.2, 0.25) is 5.91 Å². The van der Waals surface area contributed by atoms with Gasteiger partial charge in [0.1, 0.15) is 17.2 Å². The van der Waals surface area contributed by atoms with Crippen molar-refractivity contribution in [2.45, 2.75) is 13.3 Å². The summed E-state index contributed by atoms with van der Waals surface area (Å²) in [5.74, 6) is 0.822. The first-order chi connectivity index (χ1) is 16.5. The van der Waals surface area contributed by atoms with Gasteiger partial charge in [-0.15, -0.1) is 0 Å². The van der Waals surface area contributed by atoms with Crippen molar-refractivity contribution in [1.29, 1.82) is 0 Å². The fourth-order valence-corrected chi connectivity index (χ4v) is 3.18. The summed E-state index contributed by atoms with van der Waals surface area (Å²) in [4.78, 5) is 25.2. The number of benzene rings is 3. The van der Waals surface area contributed by atoms with Crippen LogP contribution in [-0.4, -0.2) is 32.6 Å². The Morgan fingerprint density at radius 3 is 2.09 bits per heavy atom. The summed E-state index contributed by atoms with van der Waals surface area (Å²) in [7, 11) is 2.97. The zero-order valence-corrected chi connectivity index (χ0v) is 19.5. The number of rotatable bonds is 10. The van der Waals surface area contributed by atoms with Crippen LogP contribution >= 0.6 is 0 Å². The molecule has 7 nitrogen and oxygen atoms in total. The smallest absolute Gasteiger partial charge is 0.255 e. The molecule has 3 aromatic carbocycles. The van der Waals surface area contributed by atoms with Crippen LogP contribution in [0.5, 0.6) is 17.2 Å². The zero-order valence-electron chi connectivity index (χ0n) is 19.5. The van der Waals surface area contributed by atoms with Crippen LogP contribution in [0.3, 0.4) is 0 Å². The molecular weight excluding hydrogens is 432 g/mol. The van der Waals surface area contributed by atoms with E-state index in [2.05, 4.69) is 10.6 Å². The van der Waals surface area contributed by atoms with Crippen molar-refractivity contribution >= 4 is 29.3 Å². The van der Waals surface area contributed by atoms with E-state index >= 15 is 0 Å². The van der Waals surface area contributed by atoms with Gasteiger partial charge < -0.3 is 24.8 Å². The lowest BCUT2D eigenvalue weighted by molar-refractivity contribution is -0.111. The Balaban J connectivity index is 1.77. The second-order valence-electron chi connectivity index (χ2n) is 7.28. The van der Waals surface area contributed by atoms with Crippen molar-refractivity contribution in [2.24, 2.45) is 0 Å². The Kier molecular flexibility index (Phi) is 8.68. The van der Waals surface area contributed by atoms with Gasteiger partial charge in [-0.2, -0.15) is 0 Å².